The van der Waals surface area contributed by atoms with Crippen LogP contribution in [0.3, 0.4) is 0 Å². The number of hydrogen-bond donors (Lipinski definition) is 2. The van der Waals surface area contributed by atoms with Crippen molar-refractivity contribution in [3.05, 3.63) is 29.8 Å². The number of anilines is 1. The van der Waals surface area contributed by atoms with Crippen molar-refractivity contribution >= 4 is 18.3 Å². The molecule has 1 aromatic rings. The van der Waals surface area contributed by atoms with Crippen molar-refractivity contribution in [1.29, 1.82) is 0 Å². The fourth-order valence-electron chi connectivity index (χ4n) is 0.684. The Balaban J connectivity index is 2.99. The zero-order valence-electron chi connectivity index (χ0n) is 5.59. The molecule has 0 bridgehead atoms. The van der Waals surface area contributed by atoms with E-state index in [9.17, 15) is 8.78 Å². The van der Waals surface area contributed by atoms with Gasteiger partial charge in [0.25, 0.3) is 0 Å². The van der Waals surface area contributed by atoms with Crippen LogP contribution in [0.4, 0.5) is 14.5 Å². The van der Waals surface area contributed by atoms with E-state index in [4.69, 9.17) is 5.73 Å². The molecule has 1 aromatic carbocycles. The predicted molar refractivity (Wildman–Crippen MR) is 43.7 cm³/mol. The highest BCUT2D eigenvalue weighted by molar-refractivity contribution is 7.81. The molecule has 0 saturated carbocycles. The predicted octanol–water partition coefficient (Wildman–Crippen LogP) is 2.25. The maximum atomic E-state index is 12.4. The molecule has 0 aliphatic heterocycles. The van der Waals surface area contributed by atoms with Crippen LogP contribution in [0.15, 0.2) is 24.3 Å². The molecule has 60 valence electrons. The molecule has 4 heteroatoms. The SMILES string of the molecule is Nc1ccc(C(F)(F)S)cc1. The monoisotopic (exact) mass is 175 g/mol. The first-order valence-corrected chi connectivity index (χ1v) is 3.41. The van der Waals surface area contributed by atoms with Gasteiger partial charge in [0.05, 0.1) is 0 Å². The highest BCUT2D eigenvalue weighted by Gasteiger charge is 2.24. The second kappa shape index (κ2) is 2.70. The van der Waals surface area contributed by atoms with Gasteiger partial charge in [0.1, 0.15) is 0 Å². The summed E-state index contributed by atoms with van der Waals surface area (Å²) in [6, 6.07) is 5.34. The molecule has 0 radical (unpaired) electrons. The van der Waals surface area contributed by atoms with Gasteiger partial charge >= 0.3 is 5.25 Å². The maximum absolute atomic E-state index is 12.4. The van der Waals surface area contributed by atoms with E-state index in [0.29, 0.717) is 5.69 Å². The standard InChI is InChI=1S/C7H7F2NS/c8-7(9,11)5-1-3-6(10)4-2-5/h1-4,11H,10H2. The largest absolute Gasteiger partial charge is 0.399 e. The van der Waals surface area contributed by atoms with Crippen LogP contribution in [0.25, 0.3) is 0 Å². The second-order valence-corrected chi connectivity index (χ2v) is 2.72. The fraction of sp³-hybridized carbons (Fsp3) is 0.143. The molecule has 0 aromatic heterocycles. The van der Waals surface area contributed by atoms with Gasteiger partial charge in [-0.1, -0.05) is 12.1 Å². The summed E-state index contributed by atoms with van der Waals surface area (Å²) >= 11 is 3.10. The summed E-state index contributed by atoms with van der Waals surface area (Å²) in [5.41, 5.74) is 5.62. The Kier molecular flexibility index (Phi) is 2.04. The van der Waals surface area contributed by atoms with E-state index in [2.05, 4.69) is 12.6 Å². The number of halogens is 2. The van der Waals surface area contributed by atoms with E-state index in [1.54, 1.807) is 0 Å². The van der Waals surface area contributed by atoms with E-state index >= 15 is 0 Å². The van der Waals surface area contributed by atoms with Crippen LogP contribution in [0.1, 0.15) is 5.56 Å². The van der Waals surface area contributed by atoms with Gasteiger partial charge in [0.15, 0.2) is 0 Å². The summed E-state index contributed by atoms with van der Waals surface area (Å²) in [6.07, 6.45) is 0. The van der Waals surface area contributed by atoms with Gasteiger partial charge in [-0.3, -0.25) is 0 Å². The Morgan fingerprint density at radius 2 is 1.64 bits per heavy atom. The van der Waals surface area contributed by atoms with Gasteiger partial charge in [-0.15, -0.1) is 12.6 Å². The lowest BCUT2D eigenvalue weighted by atomic mass is 10.2. The third kappa shape index (κ3) is 2.08. The van der Waals surface area contributed by atoms with Crippen LogP contribution in [0, 0.1) is 0 Å². The number of nitrogens with two attached hydrogens (primary N) is 1. The van der Waals surface area contributed by atoms with Crippen molar-refractivity contribution in [1.82, 2.24) is 0 Å². The van der Waals surface area contributed by atoms with Crippen LogP contribution in [0.2, 0.25) is 0 Å². The van der Waals surface area contributed by atoms with Gasteiger partial charge in [0.2, 0.25) is 0 Å². The Morgan fingerprint density at radius 3 is 2.00 bits per heavy atom. The molecule has 0 spiro atoms. The highest BCUT2D eigenvalue weighted by atomic mass is 32.1. The minimum atomic E-state index is -3.08. The minimum Gasteiger partial charge on any atom is -0.399 e. The van der Waals surface area contributed by atoms with Crippen LogP contribution in [-0.4, -0.2) is 0 Å². The summed E-state index contributed by atoms with van der Waals surface area (Å²) in [5, 5.41) is -3.08. The van der Waals surface area contributed by atoms with Crippen molar-refractivity contribution in [3.8, 4) is 0 Å². The number of thiol groups is 1. The zero-order chi connectivity index (χ0) is 8.48. The lowest BCUT2D eigenvalue weighted by molar-refractivity contribution is 0.108. The van der Waals surface area contributed by atoms with Crippen molar-refractivity contribution in [2.75, 3.05) is 5.73 Å². The van der Waals surface area contributed by atoms with Crippen LogP contribution in [-0.2, 0) is 5.25 Å². The molecule has 1 rings (SSSR count). The van der Waals surface area contributed by atoms with Crippen LogP contribution in [0.5, 0.6) is 0 Å². The molecule has 0 aliphatic carbocycles. The topological polar surface area (TPSA) is 26.0 Å². The molecule has 1 nitrogen and oxygen atoms in total. The number of benzene rings is 1. The van der Waals surface area contributed by atoms with Gasteiger partial charge in [-0.25, -0.2) is 0 Å². The van der Waals surface area contributed by atoms with E-state index < -0.39 is 5.25 Å². The number of rotatable bonds is 1. The Hall–Kier alpha value is -0.770. The number of hydrogen-bond acceptors (Lipinski definition) is 2. The molecule has 0 amide bonds. The smallest absolute Gasteiger partial charge is 0.316 e. The molecule has 0 atom stereocenters. The molecule has 0 unspecified atom stereocenters. The van der Waals surface area contributed by atoms with Crippen molar-refractivity contribution < 1.29 is 8.78 Å². The summed E-state index contributed by atoms with van der Waals surface area (Å²) < 4.78 is 24.8. The third-order valence-corrected chi connectivity index (χ3v) is 1.52. The van der Waals surface area contributed by atoms with E-state index in [1.165, 1.54) is 24.3 Å². The Morgan fingerprint density at radius 1 is 1.18 bits per heavy atom. The quantitative estimate of drug-likeness (QED) is 0.497. The van der Waals surface area contributed by atoms with Crippen LogP contribution >= 0.6 is 12.6 Å². The summed E-state index contributed by atoms with van der Waals surface area (Å²) in [5.74, 6) is 0. The Bertz CT molecular complexity index is 240. The first-order chi connectivity index (χ1) is 5.00. The van der Waals surface area contributed by atoms with Gasteiger partial charge in [0, 0.05) is 11.3 Å². The lowest BCUT2D eigenvalue weighted by Gasteiger charge is -2.08. The average Bonchev–Trinajstić information content (AvgIpc) is 1.86. The molecular weight excluding hydrogens is 168 g/mol. The first kappa shape index (κ1) is 8.33. The van der Waals surface area contributed by atoms with Crippen LogP contribution < -0.4 is 5.73 Å². The van der Waals surface area contributed by atoms with Crippen molar-refractivity contribution in [2.45, 2.75) is 5.25 Å². The molecule has 11 heavy (non-hydrogen) atoms. The summed E-state index contributed by atoms with van der Waals surface area (Å²) in [4.78, 5) is 0. The summed E-state index contributed by atoms with van der Waals surface area (Å²) in [6.45, 7) is 0. The normalized spacial score (nSPS) is 11.5. The Labute approximate surface area is 68.6 Å². The maximum Gasteiger partial charge on any atom is 0.316 e. The van der Waals surface area contributed by atoms with E-state index in [-0.39, 0.29) is 5.56 Å². The van der Waals surface area contributed by atoms with Gasteiger partial charge < -0.3 is 5.73 Å². The average molecular weight is 175 g/mol. The highest BCUT2D eigenvalue weighted by Crippen LogP contribution is 2.31. The van der Waals surface area contributed by atoms with Crippen molar-refractivity contribution in [3.63, 3.8) is 0 Å². The molecule has 0 fully saturated rings. The van der Waals surface area contributed by atoms with Crippen molar-refractivity contribution in [2.24, 2.45) is 0 Å². The molecule has 0 heterocycles. The lowest BCUT2D eigenvalue weighted by Crippen LogP contribution is -2.02. The fourth-order valence-corrected chi connectivity index (χ4v) is 0.833. The van der Waals surface area contributed by atoms with E-state index in [0.717, 1.165) is 0 Å². The molecular formula is C7H7F2NS. The molecule has 0 saturated heterocycles. The second-order valence-electron chi connectivity index (χ2n) is 2.16. The zero-order valence-corrected chi connectivity index (χ0v) is 6.48. The first-order valence-electron chi connectivity index (χ1n) is 2.96. The number of alkyl halides is 2. The van der Waals surface area contributed by atoms with Gasteiger partial charge in [-0.05, 0) is 12.1 Å². The summed E-state index contributed by atoms with van der Waals surface area (Å²) in [7, 11) is 0. The molecule has 2 N–H and O–H groups in total. The van der Waals surface area contributed by atoms with Gasteiger partial charge in [-0.2, -0.15) is 8.78 Å². The minimum absolute atomic E-state index is 0.143. The molecule has 0 aliphatic rings. The number of nitrogen functional groups attached to an aromatic ring is 1. The third-order valence-electron chi connectivity index (χ3n) is 1.26. The van der Waals surface area contributed by atoms with E-state index in [1.807, 2.05) is 0 Å².